The van der Waals surface area contributed by atoms with Crippen molar-refractivity contribution in [2.45, 2.75) is 18.4 Å². The molecule has 19 heavy (non-hydrogen) atoms. The minimum Gasteiger partial charge on any atom is -0.391 e. The fourth-order valence-electron chi connectivity index (χ4n) is 1.55. The van der Waals surface area contributed by atoms with E-state index in [0.717, 1.165) is 5.56 Å². The van der Waals surface area contributed by atoms with Crippen molar-refractivity contribution in [2.24, 2.45) is 0 Å². The highest BCUT2D eigenvalue weighted by Crippen LogP contribution is 2.26. The van der Waals surface area contributed by atoms with Gasteiger partial charge in [0, 0.05) is 5.02 Å². The molecule has 0 amide bonds. The topological polar surface area (TPSA) is 66.4 Å². The van der Waals surface area contributed by atoms with Gasteiger partial charge in [0.1, 0.15) is 4.90 Å². The Morgan fingerprint density at radius 2 is 2.11 bits per heavy atom. The Bertz CT molecular complexity index is 695. The summed E-state index contributed by atoms with van der Waals surface area (Å²) in [5.41, 5.74) is 1.27. The van der Waals surface area contributed by atoms with Crippen LogP contribution in [0.1, 0.15) is 10.4 Å². The third-order valence-electron chi connectivity index (χ3n) is 2.56. The van der Waals surface area contributed by atoms with Crippen LogP contribution < -0.4 is 4.72 Å². The van der Waals surface area contributed by atoms with E-state index in [9.17, 15) is 8.42 Å². The van der Waals surface area contributed by atoms with Crippen molar-refractivity contribution in [3.8, 4) is 0 Å². The molecule has 0 bridgehead atoms. The number of anilines is 1. The van der Waals surface area contributed by atoms with Crippen molar-refractivity contribution >= 4 is 38.6 Å². The SMILES string of the molecule is Cc1ccc(NS(=O)(=O)c2ccsc2CO)cc1Cl. The van der Waals surface area contributed by atoms with Gasteiger partial charge in [0.2, 0.25) is 0 Å². The van der Waals surface area contributed by atoms with Crippen molar-refractivity contribution in [1.82, 2.24) is 0 Å². The largest absolute Gasteiger partial charge is 0.391 e. The number of benzene rings is 1. The molecule has 0 unspecified atom stereocenters. The van der Waals surface area contributed by atoms with E-state index in [1.54, 1.807) is 23.6 Å². The Morgan fingerprint density at radius 1 is 1.37 bits per heavy atom. The summed E-state index contributed by atoms with van der Waals surface area (Å²) in [6, 6.07) is 6.40. The fourth-order valence-corrected chi connectivity index (χ4v) is 4.08. The van der Waals surface area contributed by atoms with Crippen LogP contribution in [0.4, 0.5) is 5.69 Å². The molecule has 0 aliphatic rings. The van der Waals surface area contributed by atoms with E-state index >= 15 is 0 Å². The van der Waals surface area contributed by atoms with Crippen LogP contribution in [0.25, 0.3) is 0 Å². The van der Waals surface area contributed by atoms with Crippen molar-refractivity contribution in [2.75, 3.05) is 4.72 Å². The third kappa shape index (κ3) is 3.09. The minimum absolute atomic E-state index is 0.0942. The molecule has 2 N–H and O–H groups in total. The number of aryl methyl sites for hydroxylation is 1. The zero-order chi connectivity index (χ0) is 14.0. The summed E-state index contributed by atoms with van der Waals surface area (Å²) < 4.78 is 26.8. The molecular weight excluding hydrogens is 306 g/mol. The Labute approximate surface area is 120 Å². The van der Waals surface area contributed by atoms with E-state index in [4.69, 9.17) is 16.7 Å². The third-order valence-corrected chi connectivity index (χ3v) is 5.47. The van der Waals surface area contributed by atoms with E-state index in [-0.39, 0.29) is 11.5 Å². The van der Waals surface area contributed by atoms with Crippen LogP contribution in [0.3, 0.4) is 0 Å². The molecule has 1 aromatic heterocycles. The van der Waals surface area contributed by atoms with Gasteiger partial charge >= 0.3 is 0 Å². The average molecular weight is 318 g/mol. The highest BCUT2D eigenvalue weighted by molar-refractivity contribution is 7.93. The average Bonchev–Trinajstić information content (AvgIpc) is 2.82. The Kier molecular flexibility index (Phi) is 4.15. The van der Waals surface area contributed by atoms with Crippen LogP contribution in [0.5, 0.6) is 0 Å². The maximum atomic E-state index is 12.2. The number of aliphatic hydroxyl groups excluding tert-OH is 1. The Morgan fingerprint density at radius 3 is 2.74 bits per heavy atom. The Balaban J connectivity index is 2.34. The summed E-state index contributed by atoms with van der Waals surface area (Å²) in [5, 5.41) is 11.2. The number of nitrogens with one attached hydrogen (secondary N) is 1. The molecule has 0 spiro atoms. The van der Waals surface area contributed by atoms with Crippen LogP contribution in [-0.4, -0.2) is 13.5 Å². The first-order chi connectivity index (χ1) is 8.94. The quantitative estimate of drug-likeness (QED) is 0.911. The molecule has 4 nitrogen and oxygen atoms in total. The first-order valence-electron chi connectivity index (χ1n) is 5.40. The van der Waals surface area contributed by atoms with Gasteiger partial charge in [-0.25, -0.2) is 8.42 Å². The maximum absolute atomic E-state index is 12.2. The van der Waals surface area contributed by atoms with E-state index < -0.39 is 10.0 Å². The van der Waals surface area contributed by atoms with Gasteiger partial charge in [0.05, 0.1) is 17.2 Å². The van der Waals surface area contributed by atoms with E-state index in [2.05, 4.69) is 4.72 Å². The number of thiophene rings is 1. The number of rotatable bonds is 4. The minimum atomic E-state index is -3.70. The summed E-state index contributed by atoms with van der Waals surface area (Å²) in [7, 11) is -3.70. The molecule has 0 saturated heterocycles. The summed E-state index contributed by atoms with van der Waals surface area (Å²) in [6.07, 6.45) is 0. The van der Waals surface area contributed by atoms with Gasteiger partial charge in [-0.3, -0.25) is 4.72 Å². The zero-order valence-corrected chi connectivity index (χ0v) is 12.4. The van der Waals surface area contributed by atoms with E-state index in [0.29, 0.717) is 15.6 Å². The number of aliphatic hydroxyl groups is 1. The molecule has 1 heterocycles. The van der Waals surface area contributed by atoms with Crippen molar-refractivity contribution in [3.63, 3.8) is 0 Å². The predicted molar refractivity (Wildman–Crippen MR) is 77.2 cm³/mol. The highest BCUT2D eigenvalue weighted by atomic mass is 35.5. The van der Waals surface area contributed by atoms with Gasteiger partial charge in [0.15, 0.2) is 0 Å². The van der Waals surface area contributed by atoms with Gasteiger partial charge < -0.3 is 5.11 Å². The summed E-state index contributed by atoms with van der Waals surface area (Å²) >= 11 is 7.15. The lowest BCUT2D eigenvalue weighted by Crippen LogP contribution is -2.13. The molecule has 0 radical (unpaired) electrons. The zero-order valence-electron chi connectivity index (χ0n) is 10.1. The first kappa shape index (κ1) is 14.3. The second kappa shape index (κ2) is 5.50. The van der Waals surface area contributed by atoms with Crippen LogP contribution in [0.2, 0.25) is 5.02 Å². The lowest BCUT2D eigenvalue weighted by molar-refractivity contribution is 0.282. The molecule has 1 aromatic carbocycles. The second-order valence-corrected chi connectivity index (χ2v) is 6.99. The van der Waals surface area contributed by atoms with Crippen LogP contribution in [0.15, 0.2) is 34.5 Å². The molecule has 102 valence electrons. The Hall–Kier alpha value is -1.08. The van der Waals surface area contributed by atoms with E-state index in [1.165, 1.54) is 17.4 Å². The summed E-state index contributed by atoms with van der Waals surface area (Å²) in [4.78, 5) is 0.502. The van der Waals surface area contributed by atoms with Crippen molar-refractivity contribution < 1.29 is 13.5 Å². The predicted octanol–water partition coefficient (Wildman–Crippen LogP) is 3.00. The molecule has 0 aliphatic carbocycles. The first-order valence-corrected chi connectivity index (χ1v) is 8.14. The standard InChI is InChI=1S/C12H12ClNO3S2/c1-8-2-3-9(6-10(8)13)14-19(16,17)12-4-5-18-11(12)7-15/h2-6,14-15H,7H2,1H3. The molecule has 2 aromatic rings. The van der Waals surface area contributed by atoms with Gasteiger partial charge in [-0.15, -0.1) is 11.3 Å². The summed E-state index contributed by atoms with van der Waals surface area (Å²) in [6.45, 7) is 1.53. The van der Waals surface area contributed by atoms with Crippen LogP contribution >= 0.6 is 22.9 Å². The number of sulfonamides is 1. The van der Waals surface area contributed by atoms with Crippen LogP contribution in [0, 0.1) is 6.92 Å². The van der Waals surface area contributed by atoms with Crippen molar-refractivity contribution in [1.29, 1.82) is 0 Å². The number of hydrogen-bond acceptors (Lipinski definition) is 4. The lowest BCUT2D eigenvalue weighted by atomic mass is 10.2. The normalized spacial score (nSPS) is 11.5. The maximum Gasteiger partial charge on any atom is 0.263 e. The highest BCUT2D eigenvalue weighted by Gasteiger charge is 2.19. The van der Waals surface area contributed by atoms with Gasteiger partial charge in [0.25, 0.3) is 10.0 Å². The van der Waals surface area contributed by atoms with Crippen LogP contribution in [-0.2, 0) is 16.6 Å². The monoisotopic (exact) mass is 317 g/mol. The molecule has 0 saturated carbocycles. The van der Waals surface area contributed by atoms with E-state index in [1.807, 2.05) is 6.92 Å². The van der Waals surface area contributed by atoms with Gasteiger partial charge in [-0.1, -0.05) is 17.7 Å². The molecule has 2 rings (SSSR count). The smallest absolute Gasteiger partial charge is 0.263 e. The second-order valence-electron chi connectivity index (χ2n) is 3.94. The number of halogens is 1. The molecule has 0 fully saturated rings. The summed E-state index contributed by atoms with van der Waals surface area (Å²) in [5.74, 6) is 0. The molecular formula is C12H12ClNO3S2. The molecule has 7 heteroatoms. The van der Waals surface area contributed by atoms with Gasteiger partial charge in [-0.2, -0.15) is 0 Å². The van der Waals surface area contributed by atoms with Crippen molar-refractivity contribution in [3.05, 3.63) is 45.1 Å². The number of hydrogen-bond donors (Lipinski definition) is 2. The molecule has 0 atom stereocenters. The fraction of sp³-hybridized carbons (Fsp3) is 0.167. The van der Waals surface area contributed by atoms with Gasteiger partial charge in [-0.05, 0) is 36.1 Å². The lowest BCUT2D eigenvalue weighted by Gasteiger charge is -2.09. The molecule has 0 aliphatic heterocycles.